The summed E-state index contributed by atoms with van der Waals surface area (Å²) in [5.41, 5.74) is 3.00. The predicted molar refractivity (Wildman–Crippen MR) is 100 cm³/mol. The fourth-order valence-electron chi connectivity index (χ4n) is 3.56. The second kappa shape index (κ2) is 6.44. The van der Waals surface area contributed by atoms with Crippen LogP contribution >= 0.6 is 15.9 Å². The van der Waals surface area contributed by atoms with Gasteiger partial charge in [-0.25, -0.2) is 0 Å². The van der Waals surface area contributed by atoms with E-state index in [1.54, 1.807) is 0 Å². The van der Waals surface area contributed by atoms with Gasteiger partial charge < -0.3 is 9.88 Å². The summed E-state index contributed by atoms with van der Waals surface area (Å²) in [6.45, 7) is 0.806. The van der Waals surface area contributed by atoms with E-state index in [9.17, 15) is 4.79 Å². The van der Waals surface area contributed by atoms with Crippen molar-refractivity contribution in [3.8, 4) is 0 Å². The van der Waals surface area contributed by atoms with Crippen LogP contribution in [-0.4, -0.2) is 22.3 Å². The van der Waals surface area contributed by atoms with Crippen LogP contribution in [0.5, 0.6) is 0 Å². The number of hydrogen-bond acceptors (Lipinski definition) is 1. The highest BCUT2D eigenvalue weighted by atomic mass is 79.9. The van der Waals surface area contributed by atoms with E-state index in [1.807, 2.05) is 41.3 Å². The minimum absolute atomic E-state index is 0.103. The molecule has 2 aromatic carbocycles. The molecule has 0 radical (unpaired) electrons. The monoisotopic (exact) mass is 382 g/mol. The third-order valence-electron chi connectivity index (χ3n) is 4.78. The van der Waals surface area contributed by atoms with Crippen LogP contribution < -0.4 is 0 Å². The lowest BCUT2D eigenvalue weighted by atomic mass is 9.98. The largest absolute Gasteiger partial charge is 0.357 e. The summed E-state index contributed by atoms with van der Waals surface area (Å²) in [5.74, 6) is 0.103. The van der Waals surface area contributed by atoms with Crippen molar-refractivity contribution in [1.82, 2.24) is 9.88 Å². The number of aromatic amines is 1. The number of carbonyl (C=O) groups is 1. The first-order chi connectivity index (χ1) is 11.7. The van der Waals surface area contributed by atoms with Crippen molar-refractivity contribution >= 4 is 32.7 Å². The number of amides is 1. The molecule has 1 aliphatic heterocycles. The minimum Gasteiger partial charge on any atom is -0.357 e. The van der Waals surface area contributed by atoms with Gasteiger partial charge in [-0.2, -0.15) is 0 Å². The van der Waals surface area contributed by atoms with Gasteiger partial charge in [0.2, 0.25) is 0 Å². The molecule has 0 bridgehead atoms. The van der Waals surface area contributed by atoms with Crippen LogP contribution in [0.1, 0.15) is 41.4 Å². The fourth-order valence-corrected chi connectivity index (χ4v) is 4.02. The topological polar surface area (TPSA) is 36.1 Å². The average Bonchev–Trinajstić information content (AvgIpc) is 3.05. The van der Waals surface area contributed by atoms with Crippen LogP contribution in [0, 0.1) is 0 Å². The molecule has 0 spiro atoms. The van der Waals surface area contributed by atoms with E-state index in [-0.39, 0.29) is 11.9 Å². The van der Waals surface area contributed by atoms with Gasteiger partial charge in [0.15, 0.2) is 0 Å². The number of hydrogen-bond donors (Lipinski definition) is 1. The van der Waals surface area contributed by atoms with Crippen LogP contribution in [-0.2, 0) is 0 Å². The normalized spacial score (nSPS) is 18.0. The fraction of sp³-hybridized carbons (Fsp3) is 0.250. The van der Waals surface area contributed by atoms with Gasteiger partial charge in [0.05, 0.1) is 11.6 Å². The molecule has 1 saturated heterocycles. The molecule has 1 atom stereocenters. The van der Waals surface area contributed by atoms with Gasteiger partial charge >= 0.3 is 0 Å². The van der Waals surface area contributed by atoms with Gasteiger partial charge in [-0.15, -0.1) is 0 Å². The number of nitrogens with zero attached hydrogens (tertiary/aromatic N) is 1. The van der Waals surface area contributed by atoms with E-state index in [0.29, 0.717) is 0 Å². The van der Waals surface area contributed by atoms with Crippen molar-refractivity contribution in [2.75, 3.05) is 6.54 Å². The Morgan fingerprint density at radius 2 is 1.88 bits per heavy atom. The van der Waals surface area contributed by atoms with Gasteiger partial charge in [0.25, 0.3) is 5.91 Å². The zero-order chi connectivity index (χ0) is 16.5. The molecular formula is C20H19BrN2O. The molecule has 0 saturated carbocycles. The molecule has 3 nitrogen and oxygen atoms in total. The molecule has 3 aromatic rings. The Balaban J connectivity index is 1.70. The molecule has 2 heterocycles. The van der Waals surface area contributed by atoms with Gasteiger partial charge in [0, 0.05) is 22.2 Å². The zero-order valence-corrected chi connectivity index (χ0v) is 14.9. The molecule has 1 amide bonds. The summed E-state index contributed by atoms with van der Waals surface area (Å²) in [6.07, 6.45) is 3.22. The van der Waals surface area contributed by atoms with Crippen LogP contribution in [0.15, 0.2) is 59.1 Å². The highest BCUT2D eigenvalue weighted by Crippen LogP contribution is 2.34. The lowest BCUT2D eigenvalue weighted by Gasteiger charge is -2.35. The van der Waals surface area contributed by atoms with Gasteiger partial charge in [-0.05, 0) is 64.8 Å². The molecule has 1 aromatic heterocycles. The maximum Gasteiger partial charge on any atom is 0.255 e. The Morgan fingerprint density at radius 1 is 1.08 bits per heavy atom. The molecule has 1 fully saturated rings. The van der Waals surface area contributed by atoms with Crippen molar-refractivity contribution in [2.45, 2.75) is 25.3 Å². The summed E-state index contributed by atoms with van der Waals surface area (Å²) in [4.78, 5) is 18.6. The van der Waals surface area contributed by atoms with E-state index in [4.69, 9.17) is 0 Å². The SMILES string of the molecule is O=C(c1ccccc1Br)N1CCCCC1c1cc2ccccc2[nH]1. The lowest BCUT2D eigenvalue weighted by molar-refractivity contribution is 0.0606. The Morgan fingerprint density at radius 3 is 2.71 bits per heavy atom. The summed E-state index contributed by atoms with van der Waals surface area (Å²) in [7, 11) is 0. The van der Waals surface area contributed by atoms with Crippen LogP contribution in [0.4, 0.5) is 0 Å². The van der Waals surface area contributed by atoms with E-state index < -0.39 is 0 Å². The number of fused-ring (bicyclic) bond motifs is 1. The van der Waals surface area contributed by atoms with Gasteiger partial charge in [0.1, 0.15) is 0 Å². The number of para-hydroxylation sites is 1. The highest BCUT2D eigenvalue weighted by Gasteiger charge is 2.30. The number of rotatable bonds is 2. The third kappa shape index (κ3) is 2.75. The number of halogens is 1. The average molecular weight is 383 g/mol. The maximum absolute atomic E-state index is 13.1. The quantitative estimate of drug-likeness (QED) is 0.641. The van der Waals surface area contributed by atoms with E-state index in [0.717, 1.165) is 47.1 Å². The molecule has 122 valence electrons. The molecule has 1 N–H and O–H groups in total. The molecule has 1 aliphatic rings. The number of likely N-dealkylation sites (tertiary alicyclic amines) is 1. The molecule has 4 rings (SSSR count). The number of piperidine rings is 1. The van der Waals surface area contributed by atoms with Crippen molar-refractivity contribution < 1.29 is 4.79 Å². The van der Waals surface area contributed by atoms with Crippen molar-refractivity contribution in [2.24, 2.45) is 0 Å². The number of aromatic nitrogens is 1. The van der Waals surface area contributed by atoms with Gasteiger partial charge in [-0.3, -0.25) is 4.79 Å². The van der Waals surface area contributed by atoms with Crippen LogP contribution in [0.2, 0.25) is 0 Å². The first-order valence-corrected chi connectivity index (χ1v) is 9.16. The maximum atomic E-state index is 13.1. The van der Waals surface area contributed by atoms with Crippen molar-refractivity contribution in [1.29, 1.82) is 0 Å². The molecule has 4 heteroatoms. The van der Waals surface area contributed by atoms with Crippen LogP contribution in [0.25, 0.3) is 10.9 Å². The standard InChI is InChI=1S/C20H19BrN2O/c21-16-9-3-2-8-15(16)20(24)23-12-6-5-11-19(23)18-13-14-7-1-4-10-17(14)22-18/h1-4,7-10,13,19,22H,5-6,11-12H2. The number of benzene rings is 2. The Kier molecular flexibility index (Phi) is 4.15. The number of H-pyrrole nitrogens is 1. The molecular weight excluding hydrogens is 364 g/mol. The summed E-state index contributed by atoms with van der Waals surface area (Å²) >= 11 is 3.51. The zero-order valence-electron chi connectivity index (χ0n) is 13.3. The Hall–Kier alpha value is -2.07. The van der Waals surface area contributed by atoms with E-state index in [1.165, 1.54) is 5.39 Å². The molecule has 24 heavy (non-hydrogen) atoms. The molecule has 0 aliphatic carbocycles. The third-order valence-corrected chi connectivity index (χ3v) is 5.47. The Bertz CT molecular complexity index is 853. The Labute approximate surface area is 149 Å². The summed E-state index contributed by atoms with van der Waals surface area (Å²) in [6, 6.07) is 18.2. The first kappa shape index (κ1) is 15.5. The van der Waals surface area contributed by atoms with E-state index >= 15 is 0 Å². The predicted octanol–water partition coefficient (Wildman–Crippen LogP) is 5.30. The number of nitrogens with one attached hydrogen (secondary N) is 1. The second-order valence-corrected chi connectivity index (χ2v) is 7.16. The summed E-state index contributed by atoms with van der Waals surface area (Å²) in [5, 5.41) is 1.20. The summed E-state index contributed by atoms with van der Waals surface area (Å²) < 4.78 is 0.857. The van der Waals surface area contributed by atoms with Crippen molar-refractivity contribution in [3.63, 3.8) is 0 Å². The lowest BCUT2D eigenvalue weighted by Crippen LogP contribution is -2.38. The highest BCUT2D eigenvalue weighted by molar-refractivity contribution is 9.10. The van der Waals surface area contributed by atoms with Crippen molar-refractivity contribution in [3.05, 3.63) is 70.3 Å². The van der Waals surface area contributed by atoms with Crippen LogP contribution in [0.3, 0.4) is 0 Å². The number of carbonyl (C=O) groups excluding carboxylic acids is 1. The smallest absolute Gasteiger partial charge is 0.255 e. The van der Waals surface area contributed by atoms with Gasteiger partial charge in [-0.1, -0.05) is 30.3 Å². The first-order valence-electron chi connectivity index (χ1n) is 8.37. The minimum atomic E-state index is 0.103. The van der Waals surface area contributed by atoms with E-state index in [2.05, 4.69) is 39.1 Å². The second-order valence-electron chi connectivity index (χ2n) is 6.30. The molecule has 1 unspecified atom stereocenters.